The number of carbonyl (C=O) groups excluding carboxylic acids is 4. The number of barbiturate groups is 1. The first-order chi connectivity index (χ1) is 17.2. The van der Waals surface area contributed by atoms with Gasteiger partial charge in [-0.2, -0.15) is 0 Å². The average molecular weight is 504 g/mol. The Kier molecular flexibility index (Phi) is 7.17. The van der Waals surface area contributed by atoms with Crippen molar-refractivity contribution in [2.75, 3.05) is 16.8 Å². The van der Waals surface area contributed by atoms with Gasteiger partial charge in [-0.05, 0) is 73.0 Å². The summed E-state index contributed by atoms with van der Waals surface area (Å²) in [7, 11) is 0. The number of rotatable bonds is 6. The number of carbonyl (C=O) groups is 4. The van der Waals surface area contributed by atoms with Crippen LogP contribution in [0.3, 0.4) is 0 Å². The summed E-state index contributed by atoms with van der Waals surface area (Å²) in [5, 5.41) is 5.33. The van der Waals surface area contributed by atoms with Crippen molar-refractivity contribution in [1.82, 2.24) is 5.32 Å². The number of hydrogen-bond acceptors (Lipinski definition) is 5. The largest absolute Gasteiger partial charge is 0.484 e. The fourth-order valence-electron chi connectivity index (χ4n) is 3.64. The van der Waals surface area contributed by atoms with E-state index >= 15 is 0 Å². The van der Waals surface area contributed by atoms with Gasteiger partial charge in [-0.25, -0.2) is 9.69 Å². The summed E-state index contributed by atoms with van der Waals surface area (Å²) in [4.78, 5) is 51.2. The van der Waals surface area contributed by atoms with E-state index in [0.717, 1.165) is 10.5 Å². The maximum absolute atomic E-state index is 13.2. The Morgan fingerprint density at radius 1 is 1.03 bits per heavy atom. The fraction of sp³-hybridized carbons (Fsp3) is 0.111. The van der Waals surface area contributed by atoms with Gasteiger partial charge in [0.1, 0.15) is 11.3 Å². The van der Waals surface area contributed by atoms with Crippen molar-refractivity contribution in [3.8, 4) is 5.75 Å². The minimum atomic E-state index is -0.857. The third-order valence-corrected chi connectivity index (χ3v) is 5.83. The van der Waals surface area contributed by atoms with Crippen LogP contribution in [-0.4, -0.2) is 30.4 Å². The third-order valence-electron chi connectivity index (χ3n) is 5.42. The highest BCUT2D eigenvalue weighted by Crippen LogP contribution is 2.29. The molecule has 0 saturated carbocycles. The summed E-state index contributed by atoms with van der Waals surface area (Å²) in [6, 6.07) is 17.9. The topological polar surface area (TPSA) is 105 Å². The second-order valence-electron chi connectivity index (χ2n) is 8.12. The molecule has 0 bridgehead atoms. The highest BCUT2D eigenvalue weighted by molar-refractivity contribution is 6.40. The summed E-state index contributed by atoms with van der Waals surface area (Å²) in [6.07, 6.45) is 1.36. The molecule has 36 heavy (non-hydrogen) atoms. The van der Waals surface area contributed by atoms with Crippen LogP contribution in [0.5, 0.6) is 5.75 Å². The molecule has 5 amide bonds. The molecule has 2 N–H and O–H groups in total. The van der Waals surface area contributed by atoms with Gasteiger partial charge in [0.2, 0.25) is 0 Å². The second-order valence-corrected chi connectivity index (χ2v) is 8.53. The van der Waals surface area contributed by atoms with Gasteiger partial charge in [0.25, 0.3) is 17.7 Å². The zero-order valence-corrected chi connectivity index (χ0v) is 20.3. The molecule has 182 valence electrons. The Bertz CT molecular complexity index is 1420. The third kappa shape index (κ3) is 5.45. The maximum Gasteiger partial charge on any atom is 0.335 e. The van der Waals surface area contributed by atoms with Crippen molar-refractivity contribution in [1.29, 1.82) is 0 Å². The van der Waals surface area contributed by atoms with E-state index < -0.39 is 17.8 Å². The summed E-state index contributed by atoms with van der Waals surface area (Å²) in [6.45, 7) is 3.37. The maximum atomic E-state index is 13.2. The number of urea groups is 1. The van der Waals surface area contributed by atoms with Crippen molar-refractivity contribution < 1.29 is 23.9 Å². The number of amides is 5. The standard InChI is InChI=1S/C27H22ClN3O5/c1-16-6-3-8-19(12-16)29-24(32)15-36-20-9-4-7-18(13-20)14-21-25(33)30-27(35)31(26(21)34)23-11-5-10-22(28)17(23)2/h3-14H,15H2,1-2H3,(H,29,32)(H,30,33,35)/b21-14-. The lowest BCUT2D eigenvalue weighted by atomic mass is 10.1. The van der Waals surface area contributed by atoms with Crippen LogP contribution in [0.15, 0.2) is 72.3 Å². The normalized spacial score (nSPS) is 14.6. The number of nitrogens with zero attached hydrogens (tertiary/aromatic N) is 1. The van der Waals surface area contributed by atoms with Crippen molar-refractivity contribution in [3.05, 3.63) is 94.0 Å². The lowest BCUT2D eigenvalue weighted by Crippen LogP contribution is -2.54. The van der Waals surface area contributed by atoms with Crippen LogP contribution in [0.4, 0.5) is 16.2 Å². The molecule has 0 unspecified atom stereocenters. The lowest BCUT2D eigenvalue weighted by molar-refractivity contribution is -0.122. The zero-order valence-electron chi connectivity index (χ0n) is 19.5. The van der Waals surface area contributed by atoms with E-state index in [1.165, 1.54) is 6.08 Å². The van der Waals surface area contributed by atoms with Crippen molar-refractivity contribution >= 4 is 52.8 Å². The van der Waals surface area contributed by atoms with E-state index in [1.807, 2.05) is 25.1 Å². The van der Waals surface area contributed by atoms with E-state index in [1.54, 1.807) is 55.5 Å². The van der Waals surface area contributed by atoms with Gasteiger partial charge < -0.3 is 10.1 Å². The van der Waals surface area contributed by atoms with E-state index in [-0.39, 0.29) is 23.8 Å². The number of imide groups is 2. The molecule has 3 aromatic rings. The van der Waals surface area contributed by atoms with Crippen LogP contribution < -0.4 is 20.3 Å². The number of aryl methyl sites for hydroxylation is 1. The number of ether oxygens (including phenoxy) is 1. The van der Waals surface area contributed by atoms with Gasteiger partial charge >= 0.3 is 6.03 Å². The lowest BCUT2D eigenvalue weighted by Gasteiger charge is -2.27. The predicted octanol–water partition coefficient (Wildman–Crippen LogP) is 4.64. The SMILES string of the molecule is Cc1cccc(NC(=O)COc2cccc(/C=C3/C(=O)NC(=O)N(c4cccc(Cl)c4C)C3=O)c2)c1. The molecule has 1 aliphatic heterocycles. The first-order valence-corrected chi connectivity index (χ1v) is 11.4. The number of nitrogens with one attached hydrogen (secondary N) is 2. The zero-order chi connectivity index (χ0) is 25.8. The molecular weight excluding hydrogens is 482 g/mol. The Hall–Kier alpha value is -4.43. The molecule has 0 atom stereocenters. The molecule has 8 nitrogen and oxygen atoms in total. The van der Waals surface area contributed by atoms with Crippen LogP contribution in [0.1, 0.15) is 16.7 Å². The molecule has 0 radical (unpaired) electrons. The Balaban J connectivity index is 1.51. The van der Waals surface area contributed by atoms with Crippen LogP contribution in [0, 0.1) is 13.8 Å². The molecule has 1 saturated heterocycles. The Morgan fingerprint density at radius 2 is 1.78 bits per heavy atom. The monoisotopic (exact) mass is 503 g/mol. The number of anilines is 2. The smallest absolute Gasteiger partial charge is 0.335 e. The van der Waals surface area contributed by atoms with Gasteiger partial charge in [-0.15, -0.1) is 0 Å². The molecule has 1 heterocycles. The van der Waals surface area contributed by atoms with Gasteiger partial charge in [0, 0.05) is 10.7 Å². The van der Waals surface area contributed by atoms with E-state index in [0.29, 0.717) is 27.6 Å². The predicted molar refractivity (Wildman–Crippen MR) is 137 cm³/mol. The molecule has 0 aromatic heterocycles. The molecule has 0 aliphatic carbocycles. The van der Waals surface area contributed by atoms with Crippen LogP contribution >= 0.6 is 11.6 Å². The summed E-state index contributed by atoms with van der Waals surface area (Å²) >= 11 is 6.15. The van der Waals surface area contributed by atoms with E-state index in [2.05, 4.69) is 10.6 Å². The summed E-state index contributed by atoms with van der Waals surface area (Å²) < 4.78 is 5.58. The fourth-order valence-corrected chi connectivity index (χ4v) is 3.81. The number of halogens is 1. The van der Waals surface area contributed by atoms with Gasteiger partial charge in [-0.1, -0.05) is 41.9 Å². The highest BCUT2D eigenvalue weighted by Gasteiger charge is 2.37. The first-order valence-electron chi connectivity index (χ1n) is 11.0. The number of hydrogen-bond donors (Lipinski definition) is 2. The van der Waals surface area contributed by atoms with Crippen LogP contribution in [0.25, 0.3) is 6.08 Å². The summed E-state index contributed by atoms with van der Waals surface area (Å²) in [5.74, 6) is -1.56. The van der Waals surface area contributed by atoms with Gasteiger partial charge in [0.15, 0.2) is 6.61 Å². The molecular formula is C27H22ClN3O5. The minimum Gasteiger partial charge on any atom is -0.484 e. The van der Waals surface area contributed by atoms with E-state index in [9.17, 15) is 19.2 Å². The van der Waals surface area contributed by atoms with Crippen molar-refractivity contribution in [2.45, 2.75) is 13.8 Å². The van der Waals surface area contributed by atoms with Crippen LogP contribution in [0.2, 0.25) is 5.02 Å². The molecule has 3 aromatic carbocycles. The molecule has 1 aliphatic rings. The minimum absolute atomic E-state index is 0.232. The number of benzene rings is 3. The Morgan fingerprint density at radius 3 is 2.56 bits per heavy atom. The summed E-state index contributed by atoms with van der Waals surface area (Å²) in [5.41, 5.74) is 2.72. The molecule has 0 spiro atoms. The van der Waals surface area contributed by atoms with E-state index in [4.69, 9.17) is 16.3 Å². The van der Waals surface area contributed by atoms with Crippen molar-refractivity contribution in [2.24, 2.45) is 0 Å². The highest BCUT2D eigenvalue weighted by atomic mass is 35.5. The van der Waals surface area contributed by atoms with Gasteiger partial charge in [0.05, 0.1) is 5.69 Å². The second kappa shape index (κ2) is 10.5. The van der Waals surface area contributed by atoms with Crippen molar-refractivity contribution in [3.63, 3.8) is 0 Å². The van der Waals surface area contributed by atoms with Gasteiger partial charge in [-0.3, -0.25) is 19.7 Å². The average Bonchev–Trinajstić information content (AvgIpc) is 2.83. The molecule has 4 rings (SSSR count). The quantitative estimate of drug-likeness (QED) is 0.376. The van der Waals surface area contributed by atoms with Crippen LogP contribution in [-0.2, 0) is 14.4 Å². The molecule has 9 heteroatoms. The first kappa shape index (κ1) is 24.7. The Labute approximate surface area is 212 Å². The molecule has 1 fully saturated rings.